The van der Waals surface area contributed by atoms with Crippen LogP contribution in [0.3, 0.4) is 0 Å². The van der Waals surface area contributed by atoms with Crippen LogP contribution in [0.2, 0.25) is 5.02 Å². The minimum Gasteiger partial charge on any atom is -0.494 e. The molecule has 3 aromatic carbocycles. The van der Waals surface area contributed by atoms with Crippen molar-refractivity contribution in [3.63, 3.8) is 0 Å². The zero-order chi connectivity index (χ0) is 25.2. The monoisotopic (exact) mass is 494 g/mol. The number of unbranched alkanes of at least 4 members (excludes halogenated alkanes) is 1. The third kappa shape index (κ3) is 7.12. The van der Waals surface area contributed by atoms with E-state index in [4.69, 9.17) is 16.3 Å². The molecule has 0 atom stereocenters. The summed E-state index contributed by atoms with van der Waals surface area (Å²) in [4.78, 5) is 35.6. The number of hydrazone groups is 1. The number of ether oxygens (including phenoxy) is 1. The van der Waals surface area contributed by atoms with Crippen molar-refractivity contribution < 1.29 is 19.2 Å². The highest BCUT2D eigenvalue weighted by Gasteiger charge is 2.18. The van der Waals surface area contributed by atoms with Gasteiger partial charge in [0.15, 0.2) is 0 Å². The Bertz CT molecular complexity index is 1240. The number of amides is 2. The van der Waals surface area contributed by atoms with E-state index in [1.807, 2.05) is 24.3 Å². The van der Waals surface area contributed by atoms with E-state index in [0.29, 0.717) is 6.61 Å². The molecule has 2 amide bonds. The Balaban J connectivity index is 1.64. The second kappa shape index (κ2) is 12.3. The highest BCUT2D eigenvalue weighted by atomic mass is 35.5. The van der Waals surface area contributed by atoms with Crippen molar-refractivity contribution in [2.45, 2.75) is 19.8 Å². The largest absolute Gasteiger partial charge is 0.494 e. The van der Waals surface area contributed by atoms with Gasteiger partial charge < -0.3 is 10.1 Å². The average Bonchev–Trinajstić information content (AvgIpc) is 2.85. The molecular formula is C25H23ClN4O5. The summed E-state index contributed by atoms with van der Waals surface area (Å²) in [5.41, 5.74) is 3.41. The lowest BCUT2D eigenvalue weighted by molar-refractivity contribution is -0.384. The summed E-state index contributed by atoms with van der Waals surface area (Å²) in [6.07, 6.45) is 3.53. The van der Waals surface area contributed by atoms with Crippen molar-refractivity contribution in [2.24, 2.45) is 5.10 Å². The minimum atomic E-state index is -0.616. The molecule has 0 aliphatic carbocycles. The van der Waals surface area contributed by atoms with E-state index >= 15 is 0 Å². The fourth-order valence-electron chi connectivity index (χ4n) is 2.99. The molecule has 35 heavy (non-hydrogen) atoms. The molecule has 0 heterocycles. The molecule has 10 heteroatoms. The maximum atomic E-state index is 12.7. The van der Waals surface area contributed by atoms with Crippen LogP contribution in [0.15, 0.2) is 71.8 Å². The van der Waals surface area contributed by atoms with E-state index in [1.165, 1.54) is 24.4 Å². The van der Waals surface area contributed by atoms with E-state index in [-0.39, 0.29) is 27.5 Å². The number of benzene rings is 3. The first kappa shape index (κ1) is 25.4. The van der Waals surface area contributed by atoms with Crippen LogP contribution >= 0.6 is 11.6 Å². The topological polar surface area (TPSA) is 123 Å². The Morgan fingerprint density at radius 1 is 1.06 bits per heavy atom. The van der Waals surface area contributed by atoms with Gasteiger partial charge in [0.2, 0.25) is 0 Å². The number of hydrogen-bond acceptors (Lipinski definition) is 6. The second-order valence-electron chi connectivity index (χ2n) is 7.39. The Hall–Kier alpha value is -4.24. The zero-order valence-corrected chi connectivity index (χ0v) is 19.6. The van der Waals surface area contributed by atoms with Crippen molar-refractivity contribution >= 4 is 41.0 Å². The molecule has 0 aromatic heterocycles. The normalized spacial score (nSPS) is 10.7. The molecular weight excluding hydrogens is 472 g/mol. The number of nitrogens with one attached hydrogen (secondary N) is 2. The number of carbonyl (C=O) groups excluding carboxylic acids is 2. The lowest BCUT2D eigenvalue weighted by Crippen LogP contribution is -2.21. The fraction of sp³-hybridized carbons (Fsp3) is 0.160. The predicted octanol–water partition coefficient (Wildman–Crippen LogP) is 5.44. The van der Waals surface area contributed by atoms with E-state index in [9.17, 15) is 19.7 Å². The number of nitro groups is 1. The molecule has 9 nitrogen and oxygen atoms in total. The maximum Gasteiger partial charge on any atom is 0.273 e. The van der Waals surface area contributed by atoms with Gasteiger partial charge in [0.25, 0.3) is 17.5 Å². The third-order valence-corrected chi connectivity index (χ3v) is 5.17. The number of para-hydroxylation sites is 1. The first-order valence-electron chi connectivity index (χ1n) is 10.8. The zero-order valence-electron chi connectivity index (χ0n) is 18.9. The smallest absolute Gasteiger partial charge is 0.273 e. The standard InChI is InChI=1S/C25H23ClN4O5/c1-2-3-14-35-19-11-8-17(9-12-19)16-27-29-25(32)21-6-4-5-7-23(21)28-24(31)20-13-10-18(30(33)34)15-22(20)26/h4-13,15-16H,2-3,14H2,1H3,(H,28,31)(H,29,32)/b27-16+. The van der Waals surface area contributed by atoms with E-state index < -0.39 is 16.7 Å². The Morgan fingerprint density at radius 3 is 2.49 bits per heavy atom. The first-order valence-corrected chi connectivity index (χ1v) is 11.2. The van der Waals surface area contributed by atoms with Gasteiger partial charge in [-0.2, -0.15) is 5.10 Å². The molecule has 0 spiro atoms. The van der Waals surface area contributed by atoms with Gasteiger partial charge in [0.05, 0.1) is 39.6 Å². The van der Waals surface area contributed by atoms with E-state index in [1.54, 1.807) is 18.2 Å². The third-order valence-electron chi connectivity index (χ3n) is 4.85. The first-order chi connectivity index (χ1) is 16.9. The van der Waals surface area contributed by atoms with Gasteiger partial charge >= 0.3 is 0 Å². The van der Waals surface area contributed by atoms with Crippen molar-refractivity contribution in [1.82, 2.24) is 5.43 Å². The number of hydrogen-bond donors (Lipinski definition) is 2. The van der Waals surface area contributed by atoms with Crippen LogP contribution in [0.1, 0.15) is 46.0 Å². The van der Waals surface area contributed by atoms with Crippen LogP contribution in [0.25, 0.3) is 0 Å². The molecule has 0 bridgehead atoms. The summed E-state index contributed by atoms with van der Waals surface area (Å²) >= 11 is 6.03. The van der Waals surface area contributed by atoms with Gasteiger partial charge in [-0.1, -0.05) is 37.1 Å². The SMILES string of the molecule is CCCCOc1ccc(/C=N/NC(=O)c2ccccc2NC(=O)c2ccc([N+](=O)[O-])cc2Cl)cc1. The second-order valence-corrected chi connectivity index (χ2v) is 7.80. The number of anilines is 1. The Kier molecular flexibility index (Phi) is 8.91. The lowest BCUT2D eigenvalue weighted by atomic mass is 10.1. The molecule has 0 saturated heterocycles. The van der Waals surface area contributed by atoms with Crippen LogP contribution in [-0.2, 0) is 0 Å². The molecule has 0 unspecified atom stereocenters. The summed E-state index contributed by atoms with van der Waals surface area (Å²) in [6, 6.07) is 17.2. The van der Waals surface area contributed by atoms with Crippen LogP contribution in [0, 0.1) is 10.1 Å². The number of non-ortho nitro benzene ring substituents is 1. The van der Waals surface area contributed by atoms with E-state index in [2.05, 4.69) is 22.8 Å². The molecule has 180 valence electrons. The van der Waals surface area contributed by atoms with Crippen molar-refractivity contribution in [3.8, 4) is 5.75 Å². The number of halogens is 1. The van der Waals surface area contributed by atoms with Crippen LogP contribution in [0.5, 0.6) is 5.75 Å². The van der Waals surface area contributed by atoms with Crippen LogP contribution < -0.4 is 15.5 Å². The lowest BCUT2D eigenvalue weighted by Gasteiger charge is -2.11. The molecule has 3 rings (SSSR count). The average molecular weight is 495 g/mol. The van der Waals surface area contributed by atoms with Crippen LogP contribution in [-0.4, -0.2) is 29.6 Å². The number of nitrogens with zero attached hydrogens (tertiary/aromatic N) is 2. The van der Waals surface area contributed by atoms with Crippen molar-refractivity contribution in [3.05, 3.63) is 98.6 Å². The molecule has 0 aliphatic heterocycles. The maximum absolute atomic E-state index is 12.7. The molecule has 3 aromatic rings. The van der Waals surface area contributed by atoms with Crippen molar-refractivity contribution in [1.29, 1.82) is 0 Å². The summed E-state index contributed by atoms with van der Waals surface area (Å²) in [6.45, 7) is 2.75. The minimum absolute atomic E-state index is 0.0348. The van der Waals surface area contributed by atoms with Gasteiger partial charge in [-0.15, -0.1) is 0 Å². The summed E-state index contributed by atoms with van der Waals surface area (Å²) in [7, 11) is 0. The van der Waals surface area contributed by atoms with Gasteiger partial charge in [0, 0.05) is 12.1 Å². The summed E-state index contributed by atoms with van der Waals surface area (Å²) in [5, 5.41) is 17.4. The summed E-state index contributed by atoms with van der Waals surface area (Å²) < 4.78 is 5.62. The summed E-state index contributed by atoms with van der Waals surface area (Å²) in [5.74, 6) is -0.390. The highest BCUT2D eigenvalue weighted by Crippen LogP contribution is 2.24. The number of nitro benzene ring substituents is 1. The van der Waals surface area contributed by atoms with Gasteiger partial charge in [-0.05, 0) is 54.4 Å². The molecule has 0 aliphatic rings. The van der Waals surface area contributed by atoms with Crippen LogP contribution in [0.4, 0.5) is 11.4 Å². The molecule has 0 radical (unpaired) electrons. The predicted molar refractivity (Wildman–Crippen MR) is 134 cm³/mol. The molecule has 0 fully saturated rings. The Labute approximate surface area is 206 Å². The fourth-order valence-corrected chi connectivity index (χ4v) is 3.25. The van der Waals surface area contributed by atoms with Gasteiger partial charge in [0.1, 0.15) is 5.75 Å². The Morgan fingerprint density at radius 2 is 1.80 bits per heavy atom. The van der Waals surface area contributed by atoms with Gasteiger partial charge in [-0.25, -0.2) is 5.43 Å². The number of carbonyl (C=O) groups is 2. The quantitative estimate of drug-likeness (QED) is 0.168. The molecule has 0 saturated carbocycles. The molecule has 2 N–H and O–H groups in total. The van der Waals surface area contributed by atoms with Crippen molar-refractivity contribution in [2.75, 3.05) is 11.9 Å². The van der Waals surface area contributed by atoms with Gasteiger partial charge in [-0.3, -0.25) is 19.7 Å². The highest BCUT2D eigenvalue weighted by molar-refractivity contribution is 6.34. The van der Waals surface area contributed by atoms with E-state index in [0.717, 1.165) is 30.2 Å². The number of rotatable bonds is 10.